The highest BCUT2D eigenvalue weighted by molar-refractivity contribution is 5.78. The Kier molecular flexibility index (Phi) is 4.15. The standard InChI is InChI=1S/C11H21N3O2/c12-9-3-4-14(7-9)8-11(15)13-6-10-2-1-5-16-10/h9-10H,1-8,12H2,(H,13,15)/t9-,10-/m0/s1. The minimum Gasteiger partial charge on any atom is -0.376 e. The zero-order valence-corrected chi connectivity index (χ0v) is 9.65. The molecule has 92 valence electrons. The van der Waals surface area contributed by atoms with Crippen LogP contribution in [-0.2, 0) is 9.53 Å². The molecule has 5 heteroatoms. The summed E-state index contributed by atoms with van der Waals surface area (Å²) < 4.78 is 5.44. The van der Waals surface area contributed by atoms with Crippen LogP contribution in [0.2, 0.25) is 0 Å². The largest absolute Gasteiger partial charge is 0.376 e. The molecule has 0 spiro atoms. The van der Waals surface area contributed by atoms with Crippen molar-refractivity contribution in [3.05, 3.63) is 0 Å². The van der Waals surface area contributed by atoms with E-state index < -0.39 is 0 Å². The molecule has 2 rings (SSSR count). The maximum atomic E-state index is 11.6. The van der Waals surface area contributed by atoms with Crippen LogP contribution in [-0.4, -0.2) is 55.7 Å². The predicted molar refractivity (Wildman–Crippen MR) is 61.0 cm³/mol. The summed E-state index contributed by atoms with van der Waals surface area (Å²) in [7, 11) is 0. The fourth-order valence-electron chi connectivity index (χ4n) is 2.30. The first-order chi connectivity index (χ1) is 7.74. The summed E-state index contributed by atoms with van der Waals surface area (Å²) in [5.74, 6) is 0.0876. The average Bonchev–Trinajstić information content (AvgIpc) is 2.87. The number of nitrogens with one attached hydrogen (secondary N) is 1. The second-order valence-corrected chi connectivity index (χ2v) is 4.72. The van der Waals surface area contributed by atoms with Gasteiger partial charge in [0.25, 0.3) is 0 Å². The van der Waals surface area contributed by atoms with Crippen LogP contribution in [0.5, 0.6) is 0 Å². The van der Waals surface area contributed by atoms with E-state index in [0.717, 1.165) is 39.0 Å². The lowest BCUT2D eigenvalue weighted by molar-refractivity contribution is -0.122. The number of amides is 1. The zero-order chi connectivity index (χ0) is 11.4. The zero-order valence-electron chi connectivity index (χ0n) is 9.65. The predicted octanol–water partition coefficient (Wildman–Crippen LogP) is -0.685. The summed E-state index contributed by atoms with van der Waals surface area (Å²) in [4.78, 5) is 13.7. The summed E-state index contributed by atoms with van der Waals surface area (Å²) in [5.41, 5.74) is 5.78. The summed E-state index contributed by atoms with van der Waals surface area (Å²) >= 11 is 0. The van der Waals surface area contributed by atoms with Crippen molar-refractivity contribution in [2.45, 2.75) is 31.4 Å². The highest BCUT2D eigenvalue weighted by Gasteiger charge is 2.21. The second kappa shape index (κ2) is 5.61. The van der Waals surface area contributed by atoms with Gasteiger partial charge in [-0.25, -0.2) is 0 Å². The van der Waals surface area contributed by atoms with Crippen LogP contribution in [0.1, 0.15) is 19.3 Å². The third-order valence-corrected chi connectivity index (χ3v) is 3.23. The Bertz CT molecular complexity index is 241. The van der Waals surface area contributed by atoms with E-state index in [9.17, 15) is 4.79 Å². The number of nitrogens with two attached hydrogens (primary N) is 1. The maximum Gasteiger partial charge on any atom is 0.234 e. The molecule has 2 aliphatic rings. The van der Waals surface area contributed by atoms with E-state index in [0.29, 0.717) is 13.1 Å². The van der Waals surface area contributed by atoms with E-state index in [1.54, 1.807) is 0 Å². The van der Waals surface area contributed by atoms with Crippen molar-refractivity contribution in [2.75, 3.05) is 32.8 Å². The van der Waals surface area contributed by atoms with Gasteiger partial charge in [-0.15, -0.1) is 0 Å². The van der Waals surface area contributed by atoms with Gasteiger partial charge in [-0.1, -0.05) is 0 Å². The van der Waals surface area contributed by atoms with Gasteiger partial charge in [-0.3, -0.25) is 9.69 Å². The molecule has 0 aromatic heterocycles. The number of nitrogens with zero attached hydrogens (tertiary/aromatic N) is 1. The Morgan fingerprint density at radius 1 is 1.50 bits per heavy atom. The van der Waals surface area contributed by atoms with Gasteiger partial charge in [0.05, 0.1) is 12.6 Å². The molecule has 1 amide bonds. The Hall–Kier alpha value is -0.650. The lowest BCUT2D eigenvalue weighted by Crippen LogP contribution is -2.40. The fraction of sp³-hybridized carbons (Fsp3) is 0.909. The first kappa shape index (κ1) is 11.8. The molecule has 2 aliphatic heterocycles. The quantitative estimate of drug-likeness (QED) is 0.667. The lowest BCUT2D eigenvalue weighted by Gasteiger charge is -2.16. The van der Waals surface area contributed by atoms with Gasteiger partial charge < -0.3 is 15.8 Å². The Morgan fingerprint density at radius 2 is 2.38 bits per heavy atom. The molecule has 2 heterocycles. The number of likely N-dealkylation sites (tertiary alicyclic amines) is 1. The van der Waals surface area contributed by atoms with E-state index in [4.69, 9.17) is 10.5 Å². The molecule has 0 aromatic carbocycles. The number of ether oxygens (including phenoxy) is 1. The van der Waals surface area contributed by atoms with E-state index >= 15 is 0 Å². The monoisotopic (exact) mass is 227 g/mol. The molecule has 0 bridgehead atoms. The average molecular weight is 227 g/mol. The number of carbonyl (C=O) groups is 1. The summed E-state index contributed by atoms with van der Waals surface area (Å²) in [6, 6.07) is 0.242. The molecule has 2 fully saturated rings. The van der Waals surface area contributed by atoms with E-state index in [1.165, 1.54) is 0 Å². The van der Waals surface area contributed by atoms with Crippen molar-refractivity contribution in [1.82, 2.24) is 10.2 Å². The summed E-state index contributed by atoms with van der Waals surface area (Å²) in [6.07, 6.45) is 3.40. The summed E-state index contributed by atoms with van der Waals surface area (Å²) in [6.45, 7) is 3.74. The minimum absolute atomic E-state index is 0.0876. The highest BCUT2D eigenvalue weighted by Crippen LogP contribution is 2.10. The van der Waals surface area contributed by atoms with Gasteiger partial charge in [0.2, 0.25) is 5.91 Å². The maximum absolute atomic E-state index is 11.6. The Labute approximate surface area is 96.3 Å². The van der Waals surface area contributed by atoms with Crippen molar-refractivity contribution >= 4 is 5.91 Å². The van der Waals surface area contributed by atoms with Gasteiger partial charge in [0.1, 0.15) is 0 Å². The molecule has 0 aromatic rings. The molecule has 0 radical (unpaired) electrons. The smallest absolute Gasteiger partial charge is 0.234 e. The van der Waals surface area contributed by atoms with Crippen LogP contribution >= 0.6 is 0 Å². The van der Waals surface area contributed by atoms with Crippen LogP contribution in [0.25, 0.3) is 0 Å². The van der Waals surface area contributed by atoms with E-state index in [2.05, 4.69) is 10.2 Å². The molecule has 2 atom stereocenters. The molecule has 0 saturated carbocycles. The van der Waals surface area contributed by atoms with E-state index in [1.807, 2.05) is 0 Å². The Balaban J connectivity index is 1.60. The van der Waals surface area contributed by atoms with Crippen LogP contribution in [0.4, 0.5) is 0 Å². The molecule has 5 nitrogen and oxygen atoms in total. The first-order valence-corrected chi connectivity index (χ1v) is 6.10. The van der Waals surface area contributed by atoms with Gasteiger partial charge >= 0.3 is 0 Å². The van der Waals surface area contributed by atoms with Crippen molar-refractivity contribution < 1.29 is 9.53 Å². The number of hydrogen-bond acceptors (Lipinski definition) is 4. The van der Waals surface area contributed by atoms with Crippen LogP contribution < -0.4 is 11.1 Å². The Morgan fingerprint density at radius 3 is 3.00 bits per heavy atom. The normalized spacial score (nSPS) is 30.8. The number of hydrogen-bond donors (Lipinski definition) is 2. The van der Waals surface area contributed by atoms with Crippen molar-refractivity contribution in [2.24, 2.45) is 5.73 Å². The van der Waals surface area contributed by atoms with Gasteiger partial charge in [0.15, 0.2) is 0 Å². The highest BCUT2D eigenvalue weighted by atomic mass is 16.5. The first-order valence-electron chi connectivity index (χ1n) is 6.10. The van der Waals surface area contributed by atoms with E-state index in [-0.39, 0.29) is 18.1 Å². The van der Waals surface area contributed by atoms with Crippen LogP contribution in [0, 0.1) is 0 Å². The SMILES string of the molecule is N[C@H]1CCN(CC(=O)NC[C@@H]2CCCO2)C1. The second-order valence-electron chi connectivity index (χ2n) is 4.72. The molecule has 2 saturated heterocycles. The van der Waals surface area contributed by atoms with Crippen molar-refractivity contribution in [1.29, 1.82) is 0 Å². The molecule has 16 heavy (non-hydrogen) atoms. The van der Waals surface area contributed by atoms with Gasteiger partial charge in [0, 0.05) is 32.3 Å². The molecule has 0 unspecified atom stereocenters. The van der Waals surface area contributed by atoms with Gasteiger partial charge in [-0.05, 0) is 19.3 Å². The summed E-state index contributed by atoms with van der Waals surface area (Å²) in [5, 5.41) is 2.92. The molecule has 0 aliphatic carbocycles. The third-order valence-electron chi connectivity index (χ3n) is 3.23. The van der Waals surface area contributed by atoms with Crippen LogP contribution in [0.15, 0.2) is 0 Å². The minimum atomic E-state index is 0.0876. The molecule has 3 N–H and O–H groups in total. The van der Waals surface area contributed by atoms with Gasteiger partial charge in [-0.2, -0.15) is 0 Å². The topological polar surface area (TPSA) is 67.6 Å². The molecular formula is C11H21N3O2. The molecular weight excluding hydrogens is 206 g/mol. The lowest BCUT2D eigenvalue weighted by atomic mass is 10.2. The van der Waals surface area contributed by atoms with Crippen molar-refractivity contribution in [3.63, 3.8) is 0 Å². The van der Waals surface area contributed by atoms with Crippen LogP contribution in [0.3, 0.4) is 0 Å². The third kappa shape index (κ3) is 3.43. The number of rotatable bonds is 4. The fourth-order valence-corrected chi connectivity index (χ4v) is 2.30. The van der Waals surface area contributed by atoms with Crippen molar-refractivity contribution in [3.8, 4) is 0 Å². The number of carbonyl (C=O) groups excluding carboxylic acids is 1.